The molecule has 7 nitrogen and oxygen atoms in total. The van der Waals surface area contributed by atoms with Crippen LogP contribution in [0.2, 0.25) is 0 Å². The molecular formula is C14H12N2O5S. The monoisotopic (exact) mass is 320 g/mol. The van der Waals surface area contributed by atoms with E-state index in [2.05, 4.69) is 16.7 Å². The molecule has 114 valence electrons. The van der Waals surface area contributed by atoms with Crippen LogP contribution in [0.5, 0.6) is 17.2 Å². The van der Waals surface area contributed by atoms with Gasteiger partial charge in [0, 0.05) is 24.1 Å². The molecule has 0 aliphatic heterocycles. The molecule has 0 fully saturated rings. The minimum atomic E-state index is -3.67. The highest BCUT2D eigenvalue weighted by Gasteiger charge is 2.19. The number of aromatic nitrogens is 1. The number of pyridine rings is 1. The summed E-state index contributed by atoms with van der Waals surface area (Å²) in [6.45, 7) is 3.11. The number of aromatic hydroxyl groups is 1. The number of nitrogens with zero attached hydrogens (tertiary/aromatic N) is 2. The van der Waals surface area contributed by atoms with Crippen LogP contribution in [-0.4, -0.2) is 37.4 Å². The molecule has 1 heterocycles. The molecule has 0 spiro atoms. The third-order valence-corrected chi connectivity index (χ3v) is 3.83. The highest BCUT2D eigenvalue weighted by molar-refractivity contribution is 7.90. The van der Waals surface area contributed by atoms with E-state index < -0.39 is 15.7 Å². The van der Waals surface area contributed by atoms with Crippen molar-refractivity contribution in [2.75, 3.05) is 6.26 Å². The molecule has 2 aromatic rings. The predicted molar refractivity (Wildman–Crippen MR) is 79.4 cm³/mol. The summed E-state index contributed by atoms with van der Waals surface area (Å²) in [7, 11) is -3.67. The second-order valence-corrected chi connectivity index (χ2v) is 6.33. The van der Waals surface area contributed by atoms with E-state index in [1.807, 2.05) is 0 Å². The number of amides is 1. The number of carbonyl (C=O) groups excluding carboxylic acids is 1. The van der Waals surface area contributed by atoms with Crippen LogP contribution < -0.4 is 4.74 Å². The zero-order chi connectivity index (χ0) is 16.3. The smallest absolute Gasteiger partial charge is 0.276 e. The van der Waals surface area contributed by atoms with Crippen LogP contribution in [0.25, 0.3) is 0 Å². The first kappa shape index (κ1) is 15.6. The van der Waals surface area contributed by atoms with Crippen molar-refractivity contribution in [2.45, 2.75) is 4.90 Å². The maximum absolute atomic E-state index is 11.9. The van der Waals surface area contributed by atoms with Gasteiger partial charge < -0.3 is 9.84 Å². The van der Waals surface area contributed by atoms with Gasteiger partial charge in [0.1, 0.15) is 10.6 Å². The van der Waals surface area contributed by atoms with Crippen molar-refractivity contribution in [3.05, 3.63) is 42.2 Å². The minimum absolute atomic E-state index is 0.00618. The number of benzene rings is 1. The van der Waals surface area contributed by atoms with Gasteiger partial charge >= 0.3 is 0 Å². The van der Waals surface area contributed by atoms with Gasteiger partial charge in [-0.2, -0.15) is 0 Å². The molecule has 0 radical (unpaired) electrons. The first-order chi connectivity index (χ1) is 10.3. The van der Waals surface area contributed by atoms with Crippen molar-refractivity contribution in [3.8, 4) is 17.2 Å². The van der Waals surface area contributed by atoms with Crippen LogP contribution in [-0.2, 0) is 9.84 Å². The van der Waals surface area contributed by atoms with Crippen LogP contribution in [0, 0.1) is 0 Å². The number of hydrogen-bond acceptors (Lipinski definition) is 6. The van der Waals surface area contributed by atoms with E-state index in [0.717, 1.165) is 12.3 Å². The molecule has 0 bridgehead atoms. The largest absolute Gasteiger partial charge is 0.504 e. The Kier molecular flexibility index (Phi) is 4.22. The Morgan fingerprint density at radius 2 is 2.05 bits per heavy atom. The van der Waals surface area contributed by atoms with Crippen molar-refractivity contribution >= 4 is 22.5 Å². The Balaban J connectivity index is 2.54. The Labute approximate surface area is 126 Å². The van der Waals surface area contributed by atoms with Crippen LogP contribution in [0.1, 0.15) is 10.4 Å². The third kappa shape index (κ3) is 3.29. The molecule has 22 heavy (non-hydrogen) atoms. The molecule has 8 heteroatoms. The number of carbonyl (C=O) groups is 1. The molecule has 0 atom stereocenters. The zero-order valence-corrected chi connectivity index (χ0v) is 12.4. The average Bonchev–Trinajstić information content (AvgIpc) is 2.48. The lowest BCUT2D eigenvalue weighted by Crippen LogP contribution is -2.04. The van der Waals surface area contributed by atoms with Crippen LogP contribution in [0.15, 0.2) is 46.5 Å². The average molecular weight is 320 g/mol. The summed E-state index contributed by atoms with van der Waals surface area (Å²) in [5, 5.41) is 9.65. The van der Waals surface area contributed by atoms with E-state index in [1.165, 1.54) is 30.6 Å². The number of sulfone groups is 1. The summed E-state index contributed by atoms with van der Waals surface area (Å²) in [6.07, 6.45) is 3.58. The lowest BCUT2D eigenvalue weighted by atomic mass is 10.2. The van der Waals surface area contributed by atoms with Crippen molar-refractivity contribution in [3.63, 3.8) is 0 Å². The lowest BCUT2D eigenvalue weighted by molar-refractivity contribution is 0.100. The Morgan fingerprint density at radius 3 is 2.64 bits per heavy atom. The van der Waals surface area contributed by atoms with Gasteiger partial charge in [-0.25, -0.2) is 13.4 Å². The first-order valence-electron chi connectivity index (χ1n) is 5.99. The first-order valence-corrected chi connectivity index (χ1v) is 7.88. The number of aliphatic imine (C=N–C) groups is 1. The van der Waals surface area contributed by atoms with Crippen molar-refractivity contribution in [1.82, 2.24) is 4.98 Å². The number of rotatable bonds is 4. The van der Waals surface area contributed by atoms with Gasteiger partial charge in [-0.3, -0.25) is 9.78 Å². The molecule has 1 aromatic heterocycles. The predicted octanol–water partition coefficient (Wildman–Crippen LogP) is 1.82. The molecule has 2 rings (SSSR count). The van der Waals surface area contributed by atoms with Crippen LogP contribution in [0.3, 0.4) is 0 Å². The Hall–Kier alpha value is -2.74. The molecule has 0 saturated heterocycles. The molecule has 0 aliphatic rings. The van der Waals surface area contributed by atoms with E-state index in [1.54, 1.807) is 0 Å². The summed E-state index contributed by atoms with van der Waals surface area (Å²) in [6, 6.07) is 5.11. The summed E-state index contributed by atoms with van der Waals surface area (Å²) in [4.78, 5) is 18.3. The van der Waals surface area contributed by atoms with Crippen molar-refractivity contribution in [2.24, 2.45) is 4.99 Å². The summed E-state index contributed by atoms with van der Waals surface area (Å²) in [5.41, 5.74) is 0.0678. The molecule has 1 N–H and O–H groups in total. The highest BCUT2D eigenvalue weighted by atomic mass is 32.2. The van der Waals surface area contributed by atoms with Gasteiger partial charge in [0.05, 0.1) is 6.20 Å². The van der Waals surface area contributed by atoms with Gasteiger partial charge in [0.25, 0.3) is 5.91 Å². The number of ether oxygens (including phenoxy) is 1. The molecule has 0 unspecified atom stereocenters. The Bertz CT molecular complexity index is 846. The second-order valence-electron chi connectivity index (χ2n) is 4.34. The molecule has 0 aliphatic carbocycles. The van der Waals surface area contributed by atoms with E-state index in [9.17, 15) is 18.3 Å². The third-order valence-electron chi connectivity index (χ3n) is 2.72. The quantitative estimate of drug-likeness (QED) is 0.861. The molecular weight excluding hydrogens is 308 g/mol. The Morgan fingerprint density at radius 1 is 1.32 bits per heavy atom. The molecule has 1 amide bonds. The summed E-state index contributed by atoms with van der Waals surface area (Å²) < 4.78 is 29.1. The fourth-order valence-electron chi connectivity index (χ4n) is 1.68. The summed E-state index contributed by atoms with van der Waals surface area (Å²) in [5.74, 6) is -0.886. The zero-order valence-electron chi connectivity index (χ0n) is 11.6. The van der Waals surface area contributed by atoms with Gasteiger partial charge in [-0.1, -0.05) is 0 Å². The molecule has 0 saturated carbocycles. The second kappa shape index (κ2) is 5.94. The van der Waals surface area contributed by atoms with Gasteiger partial charge in [-0.05, 0) is 24.9 Å². The van der Waals surface area contributed by atoms with Crippen LogP contribution in [0.4, 0.5) is 0 Å². The van der Waals surface area contributed by atoms with E-state index >= 15 is 0 Å². The highest BCUT2D eigenvalue weighted by Crippen LogP contribution is 2.33. The van der Waals surface area contributed by atoms with Gasteiger partial charge in [0.2, 0.25) is 0 Å². The SMILES string of the molecule is C=NC(=O)c1ccc(Oc2cnccc2O)c(S(C)(=O)=O)c1. The minimum Gasteiger partial charge on any atom is -0.504 e. The lowest BCUT2D eigenvalue weighted by Gasteiger charge is -2.11. The topological polar surface area (TPSA) is 106 Å². The van der Waals surface area contributed by atoms with E-state index in [4.69, 9.17) is 4.74 Å². The maximum atomic E-state index is 11.9. The fraction of sp³-hybridized carbons (Fsp3) is 0.0714. The van der Waals surface area contributed by atoms with Crippen molar-refractivity contribution in [1.29, 1.82) is 0 Å². The fourth-order valence-corrected chi connectivity index (χ4v) is 2.49. The van der Waals surface area contributed by atoms with E-state index in [0.29, 0.717) is 0 Å². The maximum Gasteiger partial charge on any atom is 0.276 e. The van der Waals surface area contributed by atoms with E-state index in [-0.39, 0.29) is 27.7 Å². The standard InChI is InChI=1S/C14H12N2O5S/c1-15-14(18)9-3-4-11(13(7-9)22(2,19)20)21-12-8-16-6-5-10(12)17/h3-8H,1H2,2H3,(H,16,17). The van der Waals surface area contributed by atoms with Crippen LogP contribution >= 0.6 is 0 Å². The van der Waals surface area contributed by atoms with Gasteiger partial charge in [0.15, 0.2) is 21.3 Å². The van der Waals surface area contributed by atoms with Gasteiger partial charge in [-0.15, -0.1) is 0 Å². The normalized spacial score (nSPS) is 11.0. The molecule has 1 aromatic carbocycles. The number of hydrogen-bond donors (Lipinski definition) is 1. The van der Waals surface area contributed by atoms with Crippen molar-refractivity contribution < 1.29 is 23.1 Å². The summed E-state index contributed by atoms with van der Waals surface area (Å²) >= 11 is 0.